The van der Waals surface area contributed by atoms with E-state index in [4.69, 9.17) is 0 Å². The SMILES string of the molecule is CCCCN(CC)S(=O)(=O)c1ccc(=O)[nH]c1. The highest BCUT2D eigenvalue weighted by atomic mass is 32.2. The van der Waals surface area contributed by atoms with E-state index in [1.54, 1.807) is 6.92 Å². The summed E-state index contributed by atoms with van der Waals surface area (Å²) in [6.07, 6.45) is 3.01. The largest absolute Gasteiger partial charge is 0.328 e. The number of nitrogens with one attached hydrogen (secondary N) is 1. The number of H-pyrrole nitrogens is 1. The Hall–Kier alpha value is -1.14. The van der Waals surface area contributed by atoms with Gasteiger partial charge in [0.2, 0.25) is 15.6 Å². The summed E-state index contributed by atoms with van der Waals surface area (Å²) in [4.78, 5) is 13.4. The van der Waals surface area contributed by atoms with Gasteiger partial charge in [0.05, 0.1) is 4.90 Å². The fourth-order valence-corrected chi connectivity index (χ4v) is 2.94. The van der Waals surface area contributed by atoms with Crippen LogP contribution in [0.15, 0.2) is 28.0 Å². The summed E-state index contributed by atoms with van der Waals surface area (Å²) in [5, 5.41) is 0. The van der Waals surface area contributed by atoms with Crippen LogP contribution in [0.1, 0.15) is 26.7 Å². The van der Waals surface area contributed by atoms with Crippen LogP contribution in [0.2, 0.25) is 0 Å². The summed E-state index contributed by atoms with van der Waals surface area (Å²) < 4.78 is 25.8. The van der Waals surface area contributed by atoms with Gasteiger partial charge in [-0.2, -0.15) is 4.31 Å². The van der Waals surface area contributed by atoms with Crippen LogP contribution in [0.4, 0.5) is 0 Å². The van der Waals surface area contributed by atoms with Gasteiger partial charge in [0.15, 0.2) is 0 Å². The molecule has 96 valence electrons. The summed E-state index contributed by atoms with van der Waals surface area (Å²) in [5.41, 5.74) is -0.305. The average Bonchev–Trinajstić information content (AvgIpc) is 2.30. The molecular formula is C11H18N2O3S. The second-order valence-electron chi connectivity index (χ2n) is 3.74. The summed E-state index contributed by atoms with van der Waals surface area (Å²) in [6, 6.07) is 2.56. The maximum atomic E-state index is 12.2. The molecule has 0 aliphatic carbocycles. The van der Waals surface area contributed by atoms with Crippen LogP contribution >= 0.6 is 0 Å². The molecule has 1 aromatic rings. The third kappa shape index (κ3) is 3.41. The summed E-state index contributed by atoms with van der Waals surface area (Å²) in [7, 11) is -3.48. The van der Waals surface area contributed by atoms with Gasteiger partial charge in [-0.15, -0.1) is 0 Å². The first kappa shape index (κ1) is 13.9. The van der Waals surface area contributed by atoms with Gasteiger partial charge in [0.1, 0.15) is 0 Å². The standard InChI is InChI=1S/C11H18N2O3S/c1-3-5-8-13(4-2)17(15,16)10-6-7-11(14)12-9-10/h6-7,9H,3-5,8H2,1-2H3,(H,12,14). The molecular weight excluding hydrogens is 240 g/mol. The molecule has 0 amide bonds. The lowest BCUT2D eigenvalue weighted by molar-refractivity contribution is 0.418. The fourth-order valence-electron chi connectivity index (χ4n) is 1.49. The van der Waals surface area contributed by atoms with Crippen LogP contribution < -0.4 is 5.56 Å². The molecule has 5 nitrogen and oxygen atoms in total. The maximum absolute atomic E-state index is 12.2. The van der Waals surface area contributed by atoms with Crippen molar-refractivity contribution in [2.45, 2.75) is 31.6 Å². The Morgan fingerprint density at radius 3 is 2.47 bits per heavy atom. The van der Waals surface area contributed by atoms with E-state index in [0.717, 1.165) is 12.8 Å². The Morgan fingerprint density at radius 2 is 2.00 bits per heavy atom. The predicted octanol–water partition coefficient (Wildman–Crippen LogP) is 1.19. The van der Waals surface area contributed by atoms with Crippen molar-refractivity contribution >= 4 is 10.0 Å². The predicted molar refractivity (Wildman–Crippen MR) is 66.4 cm³/mol. The first-order valence-corrected chi connectivity index (χ1v) is 7.15. The van der Waals surface area contributed by atoms with Crippen LogP contribution in [0.3, 0.4) is 0 Å². The molecule has 0 radical (unpaired) electrons. The number of aromatic nitrogens is 1. The van der Waals surface area contributed by atoms with Gasteiger partial charge in [0.25, 0.3) is 0 Å². The molecule has 0 saturated carbocycles. The van der Waals surface area contributed by atoms with Gasteiger partial charge in [-0.25, -0.2) is 8.42 Å². The normalized spacial score (nSPS) is 11.9. The monoisotopic (exact) mass is 258 g/mol. The van der Waals surface area contributed by atoms with Gasteiger partial charge >= 0.3 is 0 Å². The first-order valence-electron chi connectivity index (χ1n) is 5.71. The number of unbranched alkanes of at least 4 members (excludes halogenated alkanes) is 1. The number of hydrogen-bond donors (Lipinski definition) is 1. The van der Waals surface area contributed by atoms with Crippen molar-refractivity contribution in [2.24, 2.45) is 0 Å². The lowest BCUT2D eigenvalue weighted by Crippen LogP contribution is -2.32. The van der Waals surface area contributed by atoms with Crippen LogP contribution in [-0.4, -0.2) is 30.8 Å². The van der Waals surface area contributed by atoms with Crippen molar-refractivity contribution in [3.63, 3.8) is 0 Å². The van der Waals surface area contributed by atoms with E-state index in [1.165, 1.54) is 22.6 Å². The van der Waals surface area contributed by atoms with E-state index in [1.807, 2.05) is 6.92 Å². The van der Waals surface area contributed by atoms with Crippen molar-refractivity contribution < 1.29 is 8.42 Å². The fraction of sp³-hybridized carbons (Fsp3) is 0.545. The van der Waals surface area contributed by atoms with Crippen LogP contribution in [0, 0.1) is 0 Å². The Bertz CT molecular complexity index is 487. The Labute approximate surface area is 102 Å². The van der Waals surface area contributed by atoms with Crippen molar-refractivity contribution in [3.05, 3.63) is 28.7 Å². The number of aromatic amines is 1. The van der Waals surface area contributed by atoms with Gasteiger partial charge < -0.3 is 4.98 Å². The van der Waals surface area contributed by atoms with Gasteiger partial charge in [0, 0.05) is 25.4 Å². The highest BCUT2D eigenvalue weighted by molar-refractivity contribution is 7.89. The lowest BCUT2D eigenvalue weighted by Gasteiger charge is -2.19. The molecule has 1 aromatic heterocycles. The van der Waals surface area contributed by atoms with E-state index in [-0.39, 0.29) is 10.5 Å². The van der Waals surface area contributed by atoms with Crippen molar-refractivity contribution in [1.82, 2.24) is 9.29 Å². The molecule has 0 bridgehead atoms. The van der Waals surface area contributed by atoms with Gasteiger partial charge in [-0.1, -0.05) is 20.3 Å². The highest BCUT2D eigenvalue weighted by Crippen LogP contribution is 2.13. The van der Waals surface area contributed by atoms with Crippen LogP contribution in [-0.2, 0) is 10.0 Å². The molecule has 0 spiro atoms. The zero-order valence-electron chi connectivity index (χ0n) is 10.1. The molecule has 0 fully saturated rings. The van der Waals surface area contributed by atoms with Gasteiger partial charge in [-0.3, -0.25) is 4.79 Å². The third-order valence-corrected chi connectivity index (χ3v) is 4.48. The minimum absolute atomic E-state index is 0.134. The van der Waals surface area contributed by atoms with E-state index in [9.17, 15) is 13.2 Å². The van der Waals surface area contributed by atoms with Crippen molar-refractivity contribution in [1.29, 1.82) is 0 Å². The molecule has 0 aliphatic rings. The third-order valence-electron chi connectivity index (χ3n) is 2.51. The van der Waals surface area contributed by atoms with E-state index in [2.05, 4.69) is 4.98 Å². The van der Waals surface area contributed by atoms with Crippen molar-refractivity contribution in [2.75, 3.05) is 13.1 Å². The summed E-state index contributed by atoms with van der Waals surface area (Å²) in [6.45, 7) is 4.76. The molecule has 17 heavy (non-hydrogen) atoms. The minimum atomic E-state index is -3.48. The zero-order valence-corrected chi connectivity index (χ0v) is 11.0. The Morgan fingerprint density at radius 1 is 1.29 bits per heavy atom. The Balaban J connectivity index is 2.99. The molecule has 0 atom stereocenters. The quantitative estimate of drug-likeness (QED) is 0.833. The first-order chi connectivity index (χ1) is 8.02. The molecule has 1 heterocycles. The topological polar surface area (TPSA) is 70.2 Å². The number of rotatable bonds is 6. The van der Waals surface area contributed by atoms with Crippen LogP contribution in [0.5, 0.6) is 0 Å². The van der Waals surface area contributed by atoms with Crippen LogP contribution in [0.25, 0.3) is 0 Å². The molecule has 1 rings (SSSR count). The smallest absolute Gasteiger partial charge is 0.247 e. The minimum Gasteiger partial charge on any atom is -0.328 e. The number of sulfonamides is 1. The van der Waals surface area contributed by atoms with Gasteiger partial charge in [-0.05, 0) is 12.5 Å². The number of hydrogen-bond acceptors (Lipinski definition) is 3. The molecule has 0 unspecified atom stereocenters. The van der Waals surface area contributed by atoms with Crippen molar-refractivity contribution in [3.8, 4) is 0 Å². The summed E-state index contributed by atoms with van der Waals surface area (Å²) in [5.74, 6) is 0. The second kappa shape index (κ2) is 5.97. The second-order valence-corrected chi connectivity index (χ2v) is 5.68. The van der Waals surface area contributed by atoms with E-state index in [0.29, 0.717) is 13.1 Å². The van der Waals surface area contributed by atoms with E-state index < -0.39 is 10.0 Å². The summed E-state index contributed by atoms with van der Waals surface area (Å²) >= 11 is 0. The average molecular weight is 258 g/mol. The maximum Gasteiger partial charge on any atom is 0.247 e. The lowest BCUT2D eigenvalue weighted by atomic mass is 10.3. The molecule has 0 aliphatic heterocycles. The number of nitrogens with zero attached hydrogens (tertiary/aromatic N) is 1. The molecule has 6 heteroatoms. The Kier molecular flexibility index (Phi) is 4.89. The number of pyridine rings is 1. The molecule has 0 saturated heterocycles. The molecule has 1 N–H and O–H groups in total. The van der Waals surface area contributed by atoms with E-state index >= 15 is 0 Å². The highest BCUT2D eigenvalue weighted by Gasteiger charge is 2.22. The zero-order chi connectivity index (χ0) is 12.9. The molecule has 0 aromatic carbocycles.